The number of benzene rings is 3. The second kappa shape index (κ2) is 15.3. The Hall–Kier alpha value is -4.26. The van der Waals surface area contributed by atoms with Crippen molar-refractivity contribution in [1.29, 1.82) is 0 Å². The number of carbonyl (C=O) groups is 1. The van der Waals surface area contributed by atoms with E-state index in [1.54, 1.807) is 18.2 Å². The van der Waals surface area contributed by atoms with E-state index in [9.17, 15) is 39.8 Å². The lowest BCUT2D eigenvalue weighted by molar-refractivity contribution is -0.119. The molecule has 0 aromatic heterocycles. The van der Waals surface area contributed by atoms with E-state index in [4.69, 9.17) is 4.74 Å². The van der Waals surface area contributed by atoms with Crippen molar-refractivity contribution < 1.29 is 44.6 Å². The number of anilines is 1. The predicted molar refractivity (Wildman–Crippen MR) is 184 cm³/mol. The molecule has 3 aromatic rings. The van der Waals surface area contributed by atoms with Gasteiger partial charge in [0.1, 0.15) is 30.9 Å². The molecule has 2 fully saturated rings. The maximum atomic E-state index is 13.5. The van der Waals surface area contributed by atoms with Crippen molar-refractivity contribution in [3.8, 4) is 0 Å². The average Bonchev–Trinajstić information content (AvgIpc) is 3.13. The molecule has 1 saturated heterocycles. The highest BCUT2D eigenvalue weighted by atomic mass is 19.1. The van der Waals surface area contributed by atoms with Crippen LogP contribution in [0.25, 0.3) is 0 Å². The SMILES string of the molecule is CC(=O)NCc1ccc(N2C(=C3CCC(c4cccc(C5OC(CO)=C(O)C(O)C5O)c4)CC3)[C@@H](CC[C@H](O)c3ccc(F)cc3)C2O)cc1. The van der Waals surface area contributed by atoms with Gasteiger partial charge in [-0.3, -0.25) is 4.79 Å². The Balaban J connectivity index is 1.20. The second-order valence-corrected chi connectivity index (χ2v) is 13.5. The molecular formula is C39H45FN2O8. The third-order valence-corrected chi connectivity index (χ3v) is 10.3. The van der Waals surface area contributed by atoms with Gasteiger partial charge in [-0.15, -0.1) is 0 Å². The lowest BCUT2D eigenvalue weighted by Crippen LogP contribution is -2.55. The van der Waals surface area contributed by atoms with E-state index in [1.807, 2.05) is 47.4 Å². The summed E-state index contributed by atoms with van der Waals surface area (Å²) in [6, 6.07) is 21.2. The van der Waals surface area contributed by atoms with Crippen LogP contribution in [0.1, 0.15) is 85.8 Å². The van der Waals surface area contributed by atoms with Crippen molar-refractivity contribution in [3.05, 3.63) is 124 Å². The van der Waals surface area contributed by atoms with Gasteiger partial charge in [-0.25, -0.2) is 4.39 Å². The summed E-state index contributed by atoms with van der Waals surface area (Å²) in [6.07, 6.45) is -1.31. The molecule has 4 unspecified atom stereocenters. The number of aliphatic hydroxyl groups is 6. The van der Waals surface area contributed by atoms with Gasteiger partial charge in [0.15, 0.2) is 17.6 Å². The average molecular weight is 689 g/mol. The fourth-order valence-electron chi connectivity index (χ4n) is 7.47. The van der Waals surface area contributed by atoms with Crippen molar-refractivity contribution in [2.45, 2.75) is 88.6 Å². The van der Waals surface area contributed by atoms with Crippen LogP contribution in [0.2, 0.25) is 0 Å². The van der Waals surface area contributed by atoms with E-state index >= 15 is 0 Å². The van der Waals surface area contributed by atoms with Crippen LogP contribution in [-0.4, -0.2) is 61.6 Å². The molecule has 266 valence electrons. The van der Waals surface area contributed by atoms with Gasteiger partial charge < -0.3 is 45.6 Å². The van der Waals surface area contributed by atoms with E-state index in [-0.39, 0.29) is 29.3 Å². The van der Waals surface area contributed by atoms with Crippen LogP contribution < -0.4 is 10.2 Å². The molecule has 7 N–H and O–H groups in total. The van der Waals surface area contributed by atoms with Crippen LogP contribution in [0, 0.1) is 11.7 Å². The Bertz CT molecular complexity index is 1720. The van der Waals surface area contributed by atoms with Crippen LogP contribution >= 0.6 is 0 Å². The zero-order valence-electron chi connectivity index (χ0n) is 28.0. The van der Waals surface area contributed by atoms with Crippen molar-refractivity contribution in [3.63, 3.8) is 0 Å². The van der Waals surface area contributed by atoms with Crippen LogP contribution in [0.4, 0.5) is 10.1 Å². The normalized spacial score (nSPS) is 25.9. The maximum Gasteiger partial charge on any atom is 0.217 e. The molecule has 10 nitrogen and oxygen atoms in total. The van der Waals surface area contributed by atoms with Gasteiger partial charge in [-0.2, -0.15) is 0 Å². The predicted octanol–water partition coefficient (Wildman–Crippen LogP) is 4.90. The minimum atomic E-state index is -1.57. The Morgan fingerprint density at radius 1 is 1.00 bits per heavy atom. The van der Waals surface area contributed by atoms with Crippen LogP contribution in [0.3, 0.4) is 0 Å². The highest BCUT2D eigenvalue weighted by Crippen LogP contribution is 2.48. The Morgan fingerprint density at radius 2 is 1.68 bits per heavy atom. The first kappa shape index (κ1) is 35.6. The summed E-state index contributed by atoms with van der Waals surface area (Å²) in [7, 11) is 0. The highest BCUT2D eigenvalue weighted by molar-refractivity contribution is 5.72. The maximum absolute atomic E-state index is 13.5. The number of nitrogens with zero attached hydrogens (tertiary/aromatic N) is 1. The van der Waals surface area contributed by atoms with E-state index in [0.29, 0.717) is 30.5 Å². The number of amides is 1. The van der Waals surface area contributed by atoms with Gasteiger partial charge in [0, 0.05) is 30.8 Å². The molecule has 3 aliphatic rings. The molecule has 1 aliphatic carbocycles. The van der Waals surface area contributed by atoms with E-state index in [2.05, 4.69) is 5.32 Å². The third kappa shape index (κ3) is 7.42. The van der Waals surface area contributed by atoms with Crippen molar-refractivity contribution in [1.82, 2.24) is 5.32 Å². The number of halogens is 1. The molecule has 1 saturated carbocycles. The summed E-state index contributed by atoms with van der Waals surface area (Å²) in [4.78, 5) is 13.3. The molecule has 11 heteroatoms. The molecule has 6 rings (SSSR count). The molecule has 2 heterocycles. The Kier molecular flexibility index (Phi) is 10.9. The summed E-state index contributed by atoms with van der Waals surface area (Å²) in [5.74, 6) is -1.20. The summed E-state index contributed by atoms with van der Waals surface area (Å²) < 4.78 is 19.2. The first-order valence-electron chi connectivity index (χ1n) is 17.2. The summed E-state index contributed by atoms with van der Waals surface area (Å²) in [5, 5.41) is 65.8. The zero-order valence-corrected chi connectivity index (χ0v) is 28.0. The first-order valence-corrected chi connectivity index (χ1v) is 17.2. The summed E-state index contributed by atoms with van der Waals surface area (Å²) in [6.45, 7) is 1.28. The Morgan fingerprint density at radius 3 is 2.34 bits per heavy atom. The number of aliphatic hydroxyl groups excluding tert-OH is 6. The number of nitrogens with one attached hydrogen (secondary N) is 1. The standard InChI is InChI=1S/C39H45FN2O8/c1-22(44)41-20-23-5-15-30(16-6-23)42-34(31(39(42)49)17-18-32(45)25-11-13-29(40)14-12-25)26-9-7-24(8-10-26)27-3-2-4-28(19-27)38-37(48)36(47)35(46)33(21-43)50-38/h2-6,11-16,19,24,31-32,36-39,43,45-49H,7-10,17-18,20-21H2,1H3,(H,41,44)/t24?,31-,32+,36?,37?,38?,39?/m1/s1. The number of ether oxygens (including phenoxy) is 1. The topological polar surface area (TPSA) is 163 Å². The summed E-state index contributed by atoms with van der Waals surface area (Å²) >= 11 is 0. The number of hydrogen-bond acceptors (Lipinski definition) is 9. The zero-order chi connectivity index (χ0) is 35.5. The van der Waals surface area contributed by atoms with Crippen molar-refractivity contribution >= 4 is 11.6 Å². The minimum Gasteiger partial charge on any atom is -0.506 e. The summed E-state index contributed by atoms with van der Waals surface area (Å²) in [5.41, 5.74) is 6.40. The molecule has 0 bridgehead atoms. The van der Waals surface area contributed by atoms with Gasteiger partial charge in [-0.05, 0) is 91.0 Å². The molecule has 0 spiro atoms. The number of rotatable bonds is 10. The fourth-order valence-corrected chi connectivity index (χ4v) is 7.47. The molecule has 50 heavy (non-hydrogen) atoms. The molecular weight excluding hydrogens is 643 g/mol. The largest absolute Gasteiger partial charge is 0.506 e. The van der Waals surface area contributed by atoms with Crippen LogP contribution in [0.5, 0.6) is 0 Å². The van der Waals surface area contributed by atoms with Gasteiger partial charge in [0.05, 0.1) is 6.10 Å². The van der Waals surface area contributed by atoms with Crippen LogP contribution in [0.15, 0.2) is 95.6 Å². The fraction of sp³-hybridized carbons (Fsp3) is 0.410. The van der Waals surface area contributed by atoms with Crippen LogP contribution in [-0.2, 0) is 16.1 Å². The minimum absolute atomic E-state index is 0.112. The lowest BCUT2D eigenvalue weighted by atomic mass is 9.75. The number of carbonyl (C=O) groups excluding carboxylic acids is 1. The van der Waals surface area contributed by atoms with E-state index in [0.717, 1.165) is 48.2 Å². The first-order chi connectivity index (χ1) is 24.0. The third-order valence-electron chi connectivity index (χ3n) is 10.3. The quantitative estimate of drug-likeness (QED) is 0.157. The monoisotopic (exact) mass is 688 g/mol. The van der Waals surface area contributed by atoms with E-state index in [1.165, 1.54) is 24.6 Å². The van der Waals surface area contributed by atoms with Crippen molar-refractivity contribution in [2.24, 2.45) is 5.92 Å². The van der Waals surface area contributed by atoms with Gasteiger partial charge in [-0.1, -0.05) is 54.1 Å². The van der Waals surface area contributed by atoms with Crippen molar-refractivity contribution in [2.75, 3.05) is 11.5 Å². The molecule has 0 radical (unpaired) electrons. The lowest BCUT2D eigenvalue weighted by Gasteiger charge is -2.51. The molecule has 2 aliphatic heterocycles. The highest BCUT2D eigenvalue weighted by Gasteiger charge is 2.45. The van der Waals surface area contributed by atoms with Gasteiger partial charge in [0.2, 0.25) is 5.91 Å². The molecule has 6 atom stereocenters. The Labute approximate surface area is 290 Å². The van der Waals surface area contributed by atoms with E-state index < -0.39 is 43.0 Å². The molecule has 1 amide bonds. The molecule has 3 aromatic carbocycles. The number of hydrogen-bond donors (Lipinski definition) is 7. The number of allylic oxidation sites excluding steroid dienone is 1. The smallest absolute Gasteiger partial charge is 0.217 e. The van der Waals surface area contributed by atoms with Gasteiger partial charge in [0.25, 0.3) is 0 Å². The van der Waals surface area contributed by atoms with Gasteiger partial charge >= 0.3 is 0 Å². The second-order valence-electron chi connectivity index (χ2n) is 13.5.